The van der Waals surface area contributed by atoms with Crippen LogP contribution >= 0.6 is 11.6 Å². The van der Waals surface area contributed by atoms with Gasteiger partial charge in [0.15, 0.2) is 0 Å². The number of aliphatic carboxylic acids is 1. The van der Waals surface area contributed by atoms with Crippen molar-refractivity contribution < 1.29 is 28.3 Å². The van der Waals surface area contributed by atoms with Gasteiger partial charge in [0.25, 0.3) is 0 Å². The molecule has 9 nitrogen and oxygen atoms in total. The van der Waals surface area contributed by atoms with Gasteiger partial charge in [-0.2, -0.15) is 0 Å². The van der Waals surface area contributed by atoms with E-state index in [1.165, 1.54) is 0 Å². The molecule has 2 amide bonds. The summed E-state index contributed by atoms with van der Waals surface area (Å²) in [6.07, 6.45) is 1.03. The molecule has 0 bridgehead atoms. The van der Waals surface area contributed by atoms with Crippen molar-refractivity contribution in [3.63, 3.8) is 0 Å². The van der Waals surface area contributed by atoms with E-state index < -0.39 is 35.5 Å². The number of carbonyl (C=O) groups is 3. The number of benzene rings is 2. The minimum Gasteiger partial charge on any atom is -0.480 e. The van der Waals surface area contributed by atoms with Crippen molar-refractivity contribution in [1.29, 1.82) is 0 Å². The molecule has 41 heavy (non-hydrogen) atoms. The molecule has 2 aromatic carbocycles. The number of aryl methyl sites for hydroxylation is 3. The second kappa shape index (κ2) is 12.6. The first-order chi connectivity index (χ1) is 19.5. The molecular formula is C31H33ClN2O7. The third kappa shape index (κ3) is 6.79. The molecule has 2 heterocycles. The van der Waals surface area contributed by atoms with E-state index in [2.05, 4.69) is 10.6 Å². The van der Waals surface area contributed by atoms with Crippen LogP contribution in [0.4, 0.5) is 0 Å². The Morgan fingerprint density at radius 3 is 2.24 bits per heavy atom. The molecular weight excluding hydrogens is 548 g/mol. The lowest BCUT2D eigenvalue weighted by molar-refractivity contribution is -0.142. The lowest BCUT2D eigenvalue weighted by atomic mass is 10.00. The van der Waals surface area contributed by atoms with E-state index in [0.29, 0.717) is 40.2 Å². The van der Waals surface area contributed by atoms with Crippen molar-refractivity contribution in [2.45, 2.75) is 71.9 Å². The van der Waals surface area contributed by atoms with Crippen molar-refractivity contribution in [2.24, 2.45) is 0 Å². The fourth-order valence-electron chi connectivity index (χ4n) is 4.91. The lowest BCUT2D eigenvalue weighted by Crippen LogP contribution is -2.52. The Morgan fingerprint density at radius 2 is 1.59 bits per heavy atom. The molecule has 0 fully saturated rings. The third-order valence-electron chi connectivity index (χ3n) is 7.38. The number of nitrogens with one attached hydrogen (secondary N) is 2. The number of halogens is 1. The van der Waals surface area contributed by atoms with Crippen molar-refractivity contribution in [3.8, 4) is 0 Å². The molecule has 0 saturated heterocycles. The molecule has 0 unspecified atom stereocenters. The third-order valence-corrected chi connectivity index (χ3v) is 7.63. The molecule has 0 radical (unpaired) electrons. The van der Waals surface area contributed by atoms with Crippen LogP contribution in [0.25, 0.3) is 21.9 Å². The van der Waals surface area contributed by atoms with E-state index in [4.69, 9.17) is 20.4 Å². The van der Waals surface area contributed by atoms with Gasteiger partial charge in [-0.3, -0.25) is 9.59 Å². The molecule has 4 rings (SSSR count). The Balaban J connectivity index is 1.45. The van der Waals surface area contributed by atoms with Crippen molar-refractivity contribution in [2.75, 3.05) is 0 Å². The fourth-order valence-corrected chi connectivity index (χ4v) is 5.03. The van der Waals surface area contributed by atoms with Crippen LogP contribution in [-0.2, 0) is 27.2 Å². The summed E-state index contributed by atoms with van der Waals surface area (Å²) in [6, 6.07) is 8.23. The molecule has 0 aliphatic carbocycles. The molecule has 3 N–H and O–H groups in total. The maximum atomic E-state index is 13.0. The molecule has 2 aromatic heterocycles. The van der Waals surface area contributed by atoms with Gasteiger partial charge in [0.05, 0.1) is 0 Å². The maximum absolute atomic E-state index is 13.0. The summed E-state index contributed by atoms with van der Waals surface area (Å²) in [5.41, 5.74) is 3.33. The predicted octanol–water partition coefficient (Wildman–Crippen LogP) is 5.15. The van der Waals surface area contributed by atoms with Crippen LogP contribution in [0, 0.1) is 20.8 Å². The summed E-state index contributed by atoms with van der Waals surface area (Å²) in [6.45, 7) is 7.52. The molecule has 0 spiro atoms. The van der Waals surface area contributed by atoms with Crippen molar-refractivity contribution >= 4 is 51.3 Å². The normalized spacial score (nSPS) is 12.8. The predicted molar refractivity (Wildman–Crippen MR) is 156 cm³/mol. The van der Waals surface area contributed by atoms with E-state index in [1.54, 1.807) is 30.3 Å². The summed E-state index contributed by atoms with van der Waals surface area (Å²) >= 11 is 5.90. The zero-order chi connectivity index (χ0) is 29.8. The highest BCUT2D eigenvalue weighted by molar-refractivity contribution is 6.30. The Kier molecular flexibility index (Phi) is 9.18. The largest absolute Gasteiger partial charge is 0.480 e. The average molecular weight is 581 g/mol. The van der Waals surface area contributed by atoms with Crippen molar-refractivity contribution in [3.05, 3.63) is 79.9 Å². The molecule has 0 saturated carbocycles. The number of furan rings is 1. The number of carbonyl (C=O) groups excluding carboxylic acids is 2. The molecule has 0 aliphatic heterocycles. The zero-order valence-electron chi connectivity index (χ0n) is 23.4. The van der Waals surface area contributed by atoms with Gasteiger partial charge in [-0.15, -0.1) is 0 Å². The Morgan fingerprint density at radius 1 is 0.927 bits per heavy atom. The number of amides is 2. The lowest BCUT2D eigenvalue weighted by Gasteiger charge is -2.21. The van der Waals surface area contributed by atoms with Gasteiger partial charge in [-0.25, -0.2) is 9.59 Å². The number of rotatable bonds is 11. The summed E-state index contributed by atoms with van der Waals surface area (Å²) in [7, 11) is 0. The van der Waals surface area contributed by atoms with Crippen LogP contribution in [0.2, 0.25) is 5.02 Å². The highest BCUT2D eigenvalue weighted by atomic mass is 35.5. The average Bonchev–Trinajstić information content (AvgIpc) is 3.20. The van der Waals surface area contributed by atoms with Crippen LogP contribution < -0.4 is 16.3 Å². The molecule has 2 atom stereocenters. The van der Waals surface area contributed by atoms with E-state index in [-0.39, 0.29) is 19.3 Å². The summed E-state index contributed by atoms with van der Waals surface area (Å²) in [5.74, 6) is -1.42. The van der Waals surface area contributed by atoms with E-state index >= 15 is 0 Å². The van der Waals surface area contributed by atoms with Gasteiger partial charge in [-0.1, -0.05) is 37.1 Å². The highest BCUT2D eigenvalue weighted by Crippen LogP contribution is 2.31. The first-order valence-corrected chi connectivity index (χ1v) is 13.9. The van der Waals surface area contributed by atoms with Crippen LogP contribution in [0.15, 0.2) is 50.0 Å². The SMILES string of the molecule is CCC[C@@H](NC(=O)CCc1c(C)c2cc3c(C)c(C)oc3cc2oc1=O)C(=O)N[C@H](Cc1ccc(Cl)cc1)C(=O)O. The maximum Gasteiger partial charge on any atom is 0.339 e. The first-order valence-electron chi connectivity index (χ1n) is 13.5. The fraction of sp³-hybridized carbons (Fsp3) is 0.355. The number of hydrogen-bond acceptors (Lipinski definition) is 6. The Hall–Kier alpha value is -4.11. The molecule has 4 aromatic rings. The summed E-state index contributed by atoms with van der Waals surface area (Å²) in [5, 5.41) is 17.1. The van der Waals surface area contributed by atoms with E-state index in [0.717, 1.165) is 27.7 Å². The molecule has 10 heteroatoms. The van der Waals surface area contributed by atoms with Crippen LogP contribution in [-0.4, -0.2) is 35.0 Å². The molecule has 216 valence electrons. The molecule has 0 aliphatic rings. The first kappa shape index (κ1) is 29.9. The Labute approximate surface area is 241 Å². The second-order valence-corrected chi connectivity index (χ2v) is 10.7. The van der Waals surface area contributed by atoms with E-state index in [1.807, 2.05) is 33.8 Å². The summed E-state index contributed by atoms with van der Waals surface area (Å²) in [4.78, 5) is 50.6. The topological polar surface area (TPSA) is 139 Å². The van der Waals surface area contributed by atoms with Gasteiger partial charge < -0.3 is 24.6 Å². The van der Waals surface area contributed by atoms with Gasteiger partial charge in [0.2, 0.25) is 11.8 Å². The van der Waals surface area contributed by atoms with Gasteiger partial charge in [0, 0.05) is 40.3 Å². The number of carboxylic acid groups (broad SMARTS) is 1. The minimum atomic E-state index is -1.19. The number of hydrogen-bond donors (Lipinski definition) is 3. The number of fused-ring (bicyclic) bond motifs is 2. The van der Waals surface area contributed by atoms with Gasteiger partial charge >= 0.3 is 11.6 Å². The zero-order valence-corrected chi connectivity index (χ0v) is 24.2. The quantitative estimate of drug-likeness (QED) is 0.209. The van der Waals surface area contributed by atoms with Crippen molar-refractivity contribution in [1.82, 2.24) is 10.6 Å². The standard InChI is InChI=1S/C31H33ClN2O7/c1-5-6-24(29(36)34-25(30(37)38)13-19-7-9-20(32)10-8-19)33-28(35)12-11-21-17(3)23-14-22-16(2)18(4)40-26(22)15-27(23)41-31(21)39/h7-10,14-15,24-25H,5-6,11-13H2,1-4H3,(H,33,35)(H,34,36)(H,37,38)/t24-,25-/m1/s1. The monoisotopic (exact) mass is 580 g/mol. The van der Waals surface area contributed by atoms with Crippen LogP contribution in [0.1, 0.15) is 54.2 Å². The second-order valence-electron chi connectivity index (χ2n) is 10.3. The van der Waals surface area contributed by atoms with Crippen LogP contribution in [0.3, 0.4) is 0 Å². The highest BCUT2D eigenvalue weighted by Gasteiger charge is 2.26. The van der Waals surface area contributed by atoms with Gasteiger partial charge in [0.1, 0.15) is 29.0 Å². The van der Waals surface area contributed by atoms with Crippen LogP contribution in [0.5, 0.6) is 0 Å². The van der Waals surface area contributed by atoms with Gasteiger partial charge in [-0.05, 0) is 68.5 Å². The smallest absolute Gasteiger partial charge is 0.339 e. The minimum absolute atomic E-state index is 0.0518. The Bertz CT molecular complexity index is 1670. The van der Waals surface area contributed by atoms with E-state index in [9.17, 15) is 24.3 Å². The summed E-state index contributed by atoms with van der Waals surface area (Å²) < 4.78 is 11.3. The number of carboxylic acids is 1.